The quantitative estimate of drug-likeness (QED) is 0.723. The second-order valence-electron chi connectivity index (χ2n) is 7.16. The van der Waals surface area contributed by atoms with Crippen LogP contribution < -0.4 is 10.6 Å². The number of tetrazole rings is 1. The van der Waals surface area contributed by atoms with Crippen molar-refractivity contribution in [1.82, 2.24) is 20.2 Å². The van der Waals surface area contributed by atoms with Gasteiger partial charge in [-0.15, -0.1) is 5.10 Å². The van der Waals surface area contributed by atoms with Crippen molar-refractivity contribution < 1.29 is 4.79 Å². The predicted octanol–water partition coefficient (Wildman–Crippen LogP) is 3.58. The zero-order chi connectivity index (χ0) is 19.6. The van der Waals surface area contributed by atoms with Crippen molar-refractivity contribution in [2.24, 2.45) is 0 Å². The van der Waals surface area contributed by atoms with E-state index >= 15 is 0 Å². The molecule has 0 aliphatic heterocycles. The Hall–Kier alpha value is -3.22. The fraction of sp³-hybridized carbons (Fsp3) is 0.300. The van der Waals surface area contributed by atoms with Gasteiger partial charge in [-0.25, -0.2) is 0 Å². The molecule has 0 atom stereocenters. The molecule has 3 aromatic rings. The van der Waals surface area contributed by atoms with Crippen LogP contribution in [0.4, 0.5) is 11.4 Å². The summed E-state index contributed by atoms with van der Waals surface area (Å²) in [5, 5.41) is 18.7. The van der Waals surface area contributed by atoms with Crippen LogP contribution in [0.15, 0.2) is 42.5 Å². The van der Waals surface area contributed by atoms with Gasteiger partial charge >= 0.3 is 0 Å². The van der Waals surface area contributed by atoms with E-state index in [9.17, 15) is 4.79 Å². The van der Waals surface area contributed by atoms with Gasteiger partial charge in [0.05, 0.1) is 11.2 Å². The van der Waals surface area contributed by atoms with E-state index in [0.717, 1.165) is 28.2 Å². The molecule has 7 heteroatoms. The van der Waals surface area contributed by atoms with Crippen molar-refractivity contribution in [3.05, 3.63) is 59.4 Å². The van der Waals surface area contributed by atoms with Crippen molar-refractivity contribution in [2.75, 3.05) is 10.6 Å². The van der Waals surface area contributed by atoms with Crippen LogP contribution in [0.5, 0.6) is 0 Å². The molecule has 0 aliphatic rings. The van der Waals surface area contributed by atoms with Gasteiger partial charge in [0.15, 0.2) is 5.82 Å². The van der Waals surface area contributed by atoms with Gasteiger partial charge in [-0.05, 0) is 73.5 Å². The van der Waals surface area contributed by atoms with Gasteiger partial charge in [-0.1, -0.05) is 18.2 Å². The van der Waals surface area contributed by atoms with Crippen LogP contribution in [0, 0.1) is 13.8 Å². The Balaban J connectivity index is 1.90. The number of anilines is 2. The number of hydrogen-bond acceptors (Lipinski definition) is 5. The summed E-state index contributed by atoms with van der Waals surface area (Å²) in [5.74, 6) is 0.620. The monoisotopic (exact) mass is 364 g/mol. The summed E-state index contributed by atoms with van der Waals surface area (Å²) in [6, 6.07) is 13.7. The van der Waals surface area contributed by atoms with E-state index in [0.29, 0.717) is 5.82 Å². The molecule has 2 aromatic carbocycles. The first-order valence-corrected chi connectivity index (χ1v) is 8.79. The number of carbonyl (C=O) groups excluding carboxylic acids is 1. The minimum absolute atomic E-state index is 0.0937. The number of hydrogen-bond donors (Lipinski definition) is 2. The van der Waals surface area contributed by atoms with Crippen LogP contribution in [0.2, 0.25) is 0 Å². The Kier molecular flexibility index (Phi) is 4.94. The lowest BCUT2D eigenvalue weighted by molar-refractivity contribution is -0.114. The maximum atomic E-state index is 11.2. The van der Waals surface area contributed by atoms with Crippen molar-refractivity contribution in [2.45, 2.75) is 40.2 Å². The number of aryl methyl sites for hydroxylation is 2. The van der Waals surface area contributed by atoms with Crippen molar-refractivity contribution in [3.63, 3.8) is 0 Å². The second-order valence-corrected chi connectivity index (χ2v) is 7.16. The zero-order valence-corrected chi connectivity index (χ0v) is 16.2. The molecule has 27 heavy (non-hydrogen) atoms. The van der Waals surface area contributed by atoms with Crippen molar-refractivity contribution in [1.29, 1.82) is 0 Å². The molecule has 1 aromatic heterocycles. The number of para-hydroxylation sites is 1. The summed E-state index contributed by atoms with van der Waals surface area (Å²) in [5.41, 5.74) is 4.36. The van der Waals surface area contributed by atoms with E-state index < -0.39 is 5.54 Å². The highest BCUT2D eigenvalue weighted by Gasteiger charge is 2.29. The topological polar surface area (TPSA) is 84.7 Å². The average molecular weight is 364 g/mol. The minimum atomic E-state index is -0.520. The summed E-state index contributed by atoms with van der Waals surface area (Å²) >= 11 is 0. The van der Waals surface area contributed by atoms with Gasteiger partial charge in [-0.2, -0.15) is 4.68 Å². The van der Waals surface area contributed by atoms with Crippen LogP contribution >= 0.6 is 0 Å². The molecule has 0 fully saturated rings. The van der Waals surface area contributed by atoms with E-state index in [1.54, 1.807) is 4.68 Å². The number of nitrogens with one attached hydrogen (secondary N) is 2. The first-order chi connectivity index (χ1) is 12.8. The van der Waals surface area contributed by atoms with Crippen LogP contribution in [0.1, 0.15) is 37.7 Å². The Labute approximate surface area is 158 Å². The van der Waals surface area contributed by atoms with Gasteiger partial charge < -0.3 is 10.6 Å². The minimum Gasteiger partial charge on any atom is -0.373 e. The third kappa shape index (κ3) is 3.97. The molecule has 0 saturated carbocycles. The second kappa shape index (κ2) is 7.19. The number of aromatic nitrogens is 4. The van der Waals surface area contributed by atoms with E-state index in [2.05, 4.69) is 52.1 Å². The molecule has 0 unspecified atom stereocenters. The van der Waals surface area contributed by atoms with E-state index in [4.69, 9.17) is 0 Å². The molecule has 140 valence electrons. The first kappa shape index (κ1) is 18.6. The summed E-state index contributed by atoms with van der Waals surface area (Å²) in [4.78, 5) is 11.2. The maximum absolute atomic E-state index is 11.2. The molecule has 0 radical (unpaired) electrons. The molecular formula is C20H24N6O. The lowest BCUT2D eigenvalue weighted by Crippen LogP contribution is -2.32. The van der Waals surface area contributed by atoms with Crippen molar-refractivity contribution in [3.8, 4) is 5.69 Å². The fourth-order valence-corrected chi connectivity index (χ4v) is 3.12. The SMILES string of the molecule is CC(=O)Nc1ccc(NC(C)(C)c2nnnn2-c2c(C)cccc2C)cc1. The molecule has 1 heterocycles. The number of carbonyl (C=O) groups is 1. The number of amides is 1. The van der Waals surface area contributed by atoms with Gasteiger partial charge in [0, 0.05) is 18.3 Å². The number of rotatable bonds is 5. The molecule has 2 N–H and O–H groups in total. The average Bonchev–Trinajstić information content (AvgIpc) is 3.06. The molecular weight excluding hydrogens is 340 g/mol. The van der Waals surface area contributed by atoms with E-state index in [1.807, 2.05) is 44.2 Å². The van der Waals surface area contributed by atoms with Gasteiger partial charge in [0.25, 0.3) is 0 Å². The Morgan fingerprint density at radius 2 is 1.59 bits per heavy atom. The lowest BCUT2D eigenvalue weighted by atomic mass is 10.0. The lowest BCUT2D eigenvalue weighted by Gasteiger charge is -2.27. The Morgan fingerprint density at radius 3 is 2.19 bits per heavy atom. The Bertz CT molecular complexity index is 939. The normalized spacial score (nSPS) is 11.3. The molecule has 1 amide bonds. The van der Waals surface area contributed by atoms with Gasteiger partial charge in [0.1, 0.15) is 0 Å². The third-order valence-corrected chi connectivity index (χ3v) is 4.34. The molecule has 0 bridgehead atoms. The van der Waals surface area contributed by atoms with Crippen LogP contribution in [0.3, 0.4) is 0 Å². The number of nitrogens with zero attached hydrogens (tertiary/aromatic N) is 4. The highest BCUT2D eigenvalue weighted by atomic mass is 16.1. The highest BCUT2D eigenvalue weighted by Crippen LogP contribution is 2.28. The number of benzene rings is 2. The predicted molar refractivity (Wildman–Crippen MR) is 106 cm³/mol. The molecule has 0 saturated heterocycles. The molecule has 0 spiro atoms. The van der Waals surface area contributed by atoms with Gasteiger partial charge in [-0.3, -0.25) is 4.79 Å². The van der Waals surface area contributed by atoms with Crippen LogP contribution in [0.25, 0.3) is 5.69 Å². The highest BCUT2D eigenvalue weighted by molar-refractivity contribution is 5.88. The summed E-state index contributed by atoms with van der Waals surface area (Å²) in [7, 11) is 0. The van der Waals surface area contributed by atoms with Crippen molar-refractivity contribution >= 4 is 17.3 Å². The first-order valence-electron chi connectivity index (χ1n) is 8.79. The fourth-order valence-electron chi connectivity index (χ4n) is 3.12. The summed E-state index contributed by atoms with van der Waals surface area (Å²) in [6.45, 7) is 9.65. The summed E-state index contributed by atoms with van der Waals surface area (Å²) < 4.78 is 1.79. The smallest absolute Gasteiger partial charge is 0.221 e. The molecule has 7 nitrogen and oxygen atoms in total. The maximum Gasteiger partial charge on any atom is 0.221 e. The third-order valence-electron chi connectivity index (χ3n) is 4.34. The van der Waals surface area contributed by atoms with Gasteiger partial charge in [0.2, 0.25) is 5.91 Å². The standard InChI is InChI=1S/C20H24N6O/c1-13-7-6-8-14(2)18(13)26-19(23-24-25-26)20(4,5)22-17-11-9-16(10-12-17)21-15(3)27/h6-12,22H,1-5H3,(H,21,27). The van der Waals surface area contributed by atoms with E-state index in [1.165, 1.54) is 6.92 Å². The molecule has 0 aliphatic carbocycles. The summed E-state index contributed by atoms with van der Waals surface area (Å²) in [6.07, 6.45) is 0. The zero-order valence-electron chi connectivity index (χ0n) is 16.2. The van der Waals surface area contributed by atoms with Crippen LogP contribution in [-0.4, -0.2) is 26.1 Å². The van der Waals surface area contributed by atoms with E-state index in [-0.39, 0.29) is 5.91 Å². The largest absolute Gasteiger partial charge is 0.373 e. The Morgan fingerprint density at radius 1 is 1.00 bits per heavy atom. The molecule has 3 rings (SSSR count). The van der Waals surface area contributed by atoms with Crippen LogP contribution in [-0.2, 0) is 10.3 Å².